The Balaban J connectivity index is 2.45. The van der Waals surface area contributed by atoms with E-state index in [-0.39, 0.29) is 5.78 Å². The van der Waals surface area contributed by atoms with Crippen molar-refractivity contribution < 1.29 is 4.79 Å². The number of halogens is 2. The Morgan fingerprint density at radius 2 is 2.06 bits per heavy atom. The molecular weight excluding hydrogens is 399 g/mol. The molecule has 0 amide bonds. The number of hydrogen-bond donors (Lipinski definition) is 0. The standard InChI is InChI=1S/C12H8BrIOS/c1-7-2-5-11(16-7)12(15)9-6-8(13)3-4-10(9)14/h2-6H,1H3. The zero-order valence-electron chi connectivity index (χ0n) is 8.46. The van der Waals surface area contributed by atoms with Gasteiger partial charge in [0.25, 0.3) is 0 Å². The Labute approximate surface area is 120 Å². The monoisotopic (exact) mass is 406 g/mol. The summed E-state index contributed by atoms with van der Waals surface area (Å²) < 4.78 is 1.92. The van der Waals surface area contributed by atoms with Crippen molar-refractivity contribution in [1.82, 2.24) is 0 Å². The molecule has 2 rings (SSSR count). The van der Waals surface area contributed by atoms with Gasteiger partial charge < -0.3 is 0 Å². The molecule has 4 heteroatoms. The van der Waals surface area contributed by atoms with Gasteiger partial charge in [-0.05, 0) is 59.8 Å². The Hall–Kier alpha value is -0.200. The summed E-state index contributed by atoms with van der Waals surface area (Å²) in [7, 11) is 0. The number of benzene rings is 1. The summed E-state index contributed by atoms with van der Waals surface area (Å²) >= 11 is 7.12. The number of rotatable bonds is 2. The van der Waals surface area contributed by atoms with Crippen LogP contribution in [0.5, 0.6) is 0 Å². The van der Waals surface area contributed by atoms with Crippen molar-refractivity contribution in [2.75, 3.05) is 0 Å². The van der Waals surface area contributed by atoms with Crippen LogP contribution in [0, 0.1) is 10.5 Å². The molecule has 16 heavy (non-hydrogen) atoms. The highest BCUT2D eigenvalue weighted by Gasteiger charge is 2.14. The molecule has 1 aromatic carbocycles. The Morgan fingerprint density at radius 1 is 1.31 bits per heavy atom. The van der Waals surface area contributed by atoms with Gasteiger partial charge in [0.2, 0.25) is 5.78 Å². The van der Waals surface area contributed by atoms with Gasteiger partial charge in [0.15, 0.2) is 0 Å². The molecule has 0 bridgehead atoms. The smallest absolute Gasteiger partial charge is 0.204 e. The van der Waals surface area contributed by atoms with Crippen molar-refractivity contribution in [2.45, 2.75) is 6.92 Å². The van der Waals surface area contributed by atoms with Gasteiger partial charge in [-0.15, -0.1) is 11.3 Å². The third-order valence-electron chi connectivity index (χ3n) is 2.14. The molecule has 0 saturated carbocycles. The highest BCUT2D eigenvalue weighted by atomic mass is 127. The van der Waals surface area contributed by atoms with Crippen molar-refractivity contribution in [3.8, 4) is 0 Å². The number of hydrogen-bond acceptors (Lipinski definition) is 2. The van der Waals surface area contributed by atoms with Crippen molar-refractivity contribution in [3.63, 3.8) is 0 Å². The number of carbonyl (C=O) groups is 1. The summed E-state index contributed by atoms with van der Waals surface area (Å²) in [6.07, 6.45) is 0. The summed E-state index contributed by atoms with van der Waals surface area (Å²) in [6, 6.07) is 9.62. The first kappa shape index (κ1) is 12.3. The minimum atomic E-state index is 0.101. The minimum Gasteiger partial charge on any atom is -0.288 e. The maximum atomic E-state index is 12.2. The highest BCUT2D eigenvalue weighted by Crippen LogP contribution is 2.24. The second-order valence-corrected chi connectivity index (χ2v) is 6.73. The molecule has 0 aliphatic rings. The number of thiophene rings is 1. The maximum Gasteiger partial charge on any atom is 0.204 e. The van der Waals surface area contributed by atoms with Gasteiger partial charge >= 0.3 is 0 Å². The second kappa shape index (κ2) is 4.98. The van der Waals surface area contributed by atoms with Gasteiger partial charge in [0, 0.05) is 18.5 Å². The van der Waals surface area contributed by atoms with Crippen LogP contribution in [0.4, 0.5) is 0 Å². The predicted octanol–water partition coefficient (Wildman–Crippen LogP) is 4.65. The molecular formula is C12H8BrIOS. The molecule has 0 atom stereocenters. The van der Waals surface area contributed by atoms with Gasteiger partial charge in [-0.1, -0.05) is 15.9 Å². The average molecular weight is 407 g/mol. The lowest BCUT2D eigenvalue weighted by atomic mass is 10.1. The predicted molar refractivity (Wildman–Crippen MR) is 79.3 cm³/mol. The van der Waals surface area contributed by atoms with Crippen molar-refractivity contribution in [1.29, 1.82) is 0 Å². The molecule has 0 aliphatic heterocycles. The molecule has 0 radical (unpaired) electrons. The van der Waals surface area contributed by atoms with Crippen LogP contribution in [0.2, 0.25) is 0 Å². The van der Waals surface area contributed by atoms with Crippen LogP contribution < -0.4 is 0 Å². The molecule has 1 heterocycles. The van der Waals surface area contributed by atoms with E-state index in [0.717, 1.165) is 23.4 Å². The molecule has 0 fully saturated rings. The first-order chi connectivity index (χ1) is 7.58. The van der Waals surface area contributed by atoms with E-state index in [1.54, 1.807) is 0 Å². The van der Waals surface area contributed by atoms with Crippen LogP contribution in [0.25, 0.3) is 0 Å². The SMILES string of the molecule is Cc1ccc(C(=O)c2cc(Br)ccc2I)s1. The van der Waals surface area contributed by atoms with E-state index in [1.165, 1.54) is 11.3 Å². The van der Waals surface area contributed by atoms with Crippen LogP contribution in [-0.4, -0.2) is 5.78 Å². The molecule has 0 aliphatic carbocycles. The largest absolute Gasteiger partial charge is 0.288 e. The molecule has 2 aromatic rings. The van der Waals surface area contributed by atoms with Crippen LogP contribution in [0.1, 0.15) is 20.1 Å². The first-order valence-electron chi connectivity index (χ1n) is 4.64. The third kappa shape index (κ3) is 2.55. The van der Waals surface area contributed by atoms with E-state index in [2.05, 4.69) is 38.5 Å². The lowest BCUT2D eigenvalue weighted by molar-refractivity contribution is 0.104. The average Bonchev–Trinajstić information content (AvgIpc) is 2.67. The van der Waals surface area contributed by atoms with Gasteiger partial charge in [0.05, 0.1) is 4.88 Å². The normalized spacial score (nSPS) is 10.4. The molecule has 0 unspecified atom stereocenters. The minimum absolute atomic E-state index is 0.101. The number of carbonyl (C=O) groups excluding carboxylic acids is 1. The van der Waals surface area contributed by atoms with Crippen molar-refractivity contribution >= 4 is 55.6 Å². The summed E-state index contributed by atoms with van der Waals surface area (Å²) in [4.78, 5) is 14.2. The lowest BCUT2D eigenvalue weighted by Crippen LogP contribution is -2.01. The quantitative estimate of drug-likeness (QED) is 0.523. The van der Waals surface area contributed by atoms with Gasteiger partial charge in [0.1, 0.15) is 0 Å². The zero-order valence-corrected chi connectivity index (χ0v) is 13.0. The Morgan fingerprint density at radius 3 is 2.69 bits per heavy atom. The molecule has 0 N–H and O–H groups in total. The maximum absolute atomic E-state index is 12.2. The first-order valence-corrected chi connectivity index (χ1v) is 7.33. The van der Waals surface area contributed by atoms with E-state index in [1.807, 2.05) is 37.3 Å². The van der Waals surface area contributed by atoms with E-state index in [4.69, 9.17) is 0 Å². The fourth-order valence-corrected chi connectivity index (χ4v) is 3.12. The highest BCUT2D eigenvalue weighted by molar-refractivity contribution is 14.1. The molecule has 0 spiro atoms. The second-order valence-electron chi connectivity index (χ2n) is 3.36. The molecule has 1 nitrogen and oxygen atoms in total. The fourth-order valence-electron chi connectivity index (χ4n) is 1.36. The summed E-state index contributed by atoms with van der Waals surface area (Å²) in [6.45, 7) is 2.01. The van der Waals surface area contributed by atoms with Crippen LogP contribution in [-0.2, 0) is 0 Å². The van der Waals surface area contributed by atoms with E-state index in [9.17, 15) is 4.79 Å². The van der Waals surface area contributed by atoms with Crippen molar-refractivity contribution in [3.05, 3.63) is 53.7 Å². The summed E-state index contributed by atoms with van der Waals surface area (Å²) in [5, 5.41) is 0. The zero-order chi connectivity index (χ0) is 11.7. The summed E-state index contributed by atoms with van der Waals surface area (Å²) in [5.41, 5.74) is 0.761. The van der Waals surface area contributed by atoms with Gasteiger partial charge in [-0.25, -0.2) is 0 Å². The van der Waals surface area contributed by atoms with Gasteiger partial charge in [-0.3, -0.25) is 4.79 Å². The molecule has 1 aromatic heterocycles. The van der Waals surface area contributed by atoms with Crippen LogP contribution >= 0.6 is 49.9 Å². The Bertz CT molecular complexity index is 548. The topological polar surface area (TPSA) is 17.1 Å². The van der Waals surface area contributed by atoms with Crippen LogP contribution in [0.3, 0.4) is 0 Å². The lowest BCUT2D eigenvalue weighted by Gasteiger charge is -2.02. The van der Waals surface area contributed by atoms with E-state index >= 15 is 0 Å². The number of ketones is 1. The summed E-state index contributed by atoms with van der Waals surface area (Å²) in [5.74, 6) is 0.101. The van der Waals surface area contributed by atoms with E-state index in [0.29, 0.717) is 0 Å². The van der Waals surface area contributed by atoms with Crippen molar-refractivity contribution in [2.24, 2.45) is 0 Å². The molecule has 0 saturated heterocycles. The third-order valence-corrected chi connectivity index (χ3v) is 4.57. The Kier molecular flexibility index (Phi) is 3.81. The molecule has 82 valence electrons. The van der Waals surface area contributed by atoms with Gasteiger partial charge in [-0.2, -0.15) is 0 Å². The number of aryl methyl sites for hydroxylation is 1. The fraction of sp³-hybridized carbons (Fsp3) is 0.0833. The van der Waals surface area contributed by atoms with Crippen LogP contribution in [0.15, 0.2) is 34.8 Å². The van der Waals surface area contributed by atoms with E-state index < -0.39 is 0 Å².